The minimum absolute atomic E-state index is 0.0549. The average Bonchev–Trinajstić information content (AvgIpc) is 3.64. The molecule has 3 saturated carbocycles. The van der Waals surface area contributed by atoms with Crippen molar-refractivity contribution in [3.8, 4) is 5.69 Å². The third-order valence-corrected chi connectivity index (χ3v) is 9.77. The summed E-state index contributed by atoms with van der Waals surface area (Å²) in [6.45, 7) is 5.45. The molecule has 218 valence electrons. The molecule has 5 aliphatic rings. The van der Waals surface area contributed by atoms with Crippen molar-refractivity contribution in [3.05, 3.63) is 83.0 Å². The monoisotopic (exact) mass is 572 g/mol. The number of nitrogen functional groups attached to an aromatic ring is 1. The van der Waals surface area contributed by atoms with Gasteiger partial charge in [0.15, 0.2) is 0 Å². The molecule has 0 spiro atoms. The zero-order valence-corrected chi connectivity index (χ0v) is 23.6. The number of hydrogen-bond acceptors (Lipinski definition) is 5. The summed E-state index contributed by atoms with van der Waals surface area (Å²) in [6.07, 6.45) is 7.51. The Morgan fingerprint density at radius 1 is 1.12 bits per heavy atom. The Morgan fingerprint density at radius 3 is 2.52 bits per heavy atom. The van der Waals surface area contributed by atoms with Gasteiger partial charge in [-0.2, -0.15) is 13.9 Å². The van der Waals surface area contributed by atoms with Crippen molar-refractivity contribution in [1.29, 1.82) is 0 Å². The molecular formula is C32H34F2N6O2. The van der Waals surface area contributed by atoms with Gasteiger partial charge in [0.25, 0.3) is 11.8 Å². The lowest BCUT2D eigenvalue weighted by Crippen LogP contribution is -2.46. The quantitative estimate of drug-likeness (QED) is 0.444. The van der Waals surface area contributed by atoms with E-state index in [4.69, 9.17) is 10.8 Å². The van der Waals surface area contributed by atoms with Gasteiger partial charge in [-0.3, -0.25) is 14.6 Å². The maximum atomic E-state index is 13.9. The van der Waals surface area contributed by atoms with Gasteiger partial charge in [-0.25, -0.2) is 4.68 Å². The second kappa shape index (κ2) is 9.74. The number of anilines is 1. The van der Waals surface area contributed by atoms with Gasteiger partial charge in [-0.05, 0) is 66.9 Å². The lowest BCUT2D eigenvalue weighted by molar-refractivity contribution is -0.126. The van der Waals surface area contributed by atoms with E-state index in [0.29, 0.717) is 31.8 Å². The fraction of sp³-hybridized carbons (Fsp3) is 0.438. The third kappa shape index (κ3) is 4.30. The largest absolute Gasteiger partial charge is 0.398 e. The highest BCUT2D eigenvalue weighted by Gasteiger charge is 2.45. The molecule has 2 aromatic heterocycles. The van der Waals surface area contributed by atoms with Crippen molar-refractivity contribution in [3.63, 3.8) is 0 Å². The summed E-state index contributed by atoms with van der Waals surface area (Å²) in [6, 6.07) is 9.34. The summed E-state index contributed by atoms with van der Waals surface area (Å²) in [5.41, 5.74) is 10.8. The van der Waals surface area contributed by atoms with Crippen LogP contribution in [-0.4, -0.2) is 56.0 Å². The number of carbonyl (C=O) groups excluding carboxylic acids is 2. The smallest absolute Gasteiger partial charge is 0.287 e. The molecule has 42 heavy (non-hydrogen) atoms. The highest BCUT2D eigenvalue weighted by Crippen LogP contribution is 2.56. The van der Waals surface area contributed by atoms with Gasteiger partial charge < -0.3 is 15.5 Å². The van der Waals surface area contributed by atoms with Crippen LogP contribution in [0.3, 0.4) is 0 Å². The predicted octanol–water partition coefficient (Wildman–Crippen LogP) is 4.79. The van der Waals surface area contributed by atoms with Crippen LogP contribution in [0.2, 0.25) is 0 Å². The molecule has 2 unspecified atom stereocenters. The Kier molecular flexibility index (Phi) is 6.22. The van der Waals surface area contributed by atoms with E-state index >= 15 is 0 Å². The van der Waals surface area contributed by atoms with Crippen LogP contribution in [0.15, 0.2) is 49.2 Å². The van der Waals surface area contributed by atoms with E-state index in [-0.39, 0.29) is 23.7 Å². The molecule has 2 aliphatic heterocycles. The highest BCUT2D eigenvalue weighted by atomic mass is 19.3. The first-order valence-electron chi connectivity index (χ1n) is 14.7. The number of nitrogens with two attached hydrogens (primary N) is 1. The molecule has 3 aromatic rings. The molecule has 3 fully saturated rings. The summed E-state index contributed by atoms with van der Waals surface area (Å²) < 4.78 is 29.7. The summed E-state index contributed by atoms with van der Waals surface area (Å²) in [4.78, 5) is 33.8. The lowest BCUT2D eigenvalue weighted by Gasteiger charge is -2.38. The normalized spacial score (nSPS) is 24.5. The number of nitrogens with zero attached hydrogens (tertiary/aromatic N) is 5. The van der Waals surface area contributed by atoms with Crippen LogP contribution < -0.4 is 5.73 Å². The fourth-order valence-corrected chi connectivity index (χ4v) is 7.56. The maximum absolute atomic E-state index is 13.9. The highest BCUT2D eigenvalue weighted by molar-refractivity contribution is 5.99. The van der Waals surface area contributed by atoms with Crippen LogP contribution in [0, 0.1) is 11.8 Å². The van der Waals surface area contributed by atoms with Crippen molar-refractivity contribution >= 4 is 17.5 Å². The number of pyridine rings is 1. The van der Waals surface area contributed by atoms with Crippen molar-refractivity contribution in [2.24, 2.45) is 11.8 Å². The summed E-state index contributed by atoms with van der Waals surface area (Å²) in [7, 11) is 0. The summed E-state index contributed by atoms with van der Waals surface area (Å²) in [5, 5.41) is 5.03. The number of alkyl halides is 2. The number of aromatic nitrogens is 3. The second-order valence-corrected chi connectivity index (χ2v) is 12.3. The lowest BCUT2D eigenvalue weighted by atomic mass is 9.81. The molecule has 8 rings (SSSR count). The van der Waals surface area contributed by atoms with Gasteiger partial charge in [-0.15, -0.1) is 0 Å². The molecule has 10 heteroatoms. The van der Waals surface area contributed by atoms with E-state index < -0.39 is 23.6 Å². The maximum Gasteiger partial charge on any atom is 0.287 e. The van der Waals surface area contributed by atoms with Crippen LogP contribution >= 0.6 is 0 Å². The van der Waals surface area contributed by atoms with E-state index in [0.717, 1.165) is 53.7 Å². The second-order valence-electron chi connectivity index (χ2n) is 12.3. The molecule has 2 N–H and O–H groups in total. The molecule has 4 heterocycles. The van der Waals surface area contributed by atoms with Crippen molar-refractivity contribution in [2.45, 2.75) is 56.9 Å². The summed E-state index contributed by atoms with van der Waals surface area (Å²) in [5.74, 6) is -1.42. The van der Waals surface area contributed by atoms with Crippen LogP contribution in [0.25, 0.3) is 5.69 Å². The van der Waals surface area contributed by atoms with Crippen LogP contribution in [-0.2, 0) is 23.6 Å². The predicted molar refractivity (Wildman–Crippen MR) is 153 cm³/mol. The topological polar surface area (TPSA) is 97.4 Å². The number of amides is 2. The Labute approximate surface area is 243 Å². The van der Waals surface area contributed by atoms with Crippen molar-refractivity contribution < 1.29 is 18.4 Å². The minimum atomic E-state index is -3.18. The van der Waals surface area contributed by atoms with Gasteiger partial charge in [0.1, 0.15) is 5.69 Å². The van der Waals surface area contributed by atoms with Gasteiger partial charge in [0.2, 0.25) is 5.91 Å². The number of rotatable bonds is 5. The van der Waals surface area contributed by atoms with E-state index in [9.17, 15) is 18.4 Å². The van der Waals surface area contributed by atoms with Crippen LogP contribution in [0.1, 0.15) is 76.7 Å². The molecule has 2 bridgehead atoms. The molecule has 1 aromatic carbocycles. The Bertz CT molecular complexity index is 1590. The Morgan fingerprint density at radius 2 is 1.88 bits per heavy atom. The first kappa shape index (κ1) is 26.8. The molecule has 0 radical (unpaired) electrons. The Hall–Kier alpha value is -4.08. The molecular weight excluding hydrogens is 538 g/mol. The molecule has 8 nitrogen and oxygen atoms in total. The standard InChI is InChI=1S/C32H34F2N6O2/c1-3-29(41)38-10-8-25-30-26(40(37-25)21-6-4-19(5-7-21)22-14-18-12-20(22)13-18)9-11-39(27(30)17-38)31(42)23-16-36-28(15-24(23)35)32(2,33)34/h3-7,15-16,18,20,22,27H,1,8-14,17H2,2H3,(H2,35,36). The number of hydrogen-bond donors (Lipinski definition) is 1. The van der Waals surface area contributed by atoms with Crippen LogP contribution in [0.5, 0.6) is 0 Å². The summed E-state index contributed by atoms with van der Waals surface area (Å²) >= 11 is 0. The van der Waals surface area contributed by atoms with E-state index in [1.54, 1.807) is 9.80 Å². The Balaban J connectivity index is 1.24. The molecule has 2 atom stereocenters. The number of fused-ring (bicyclic) bond motifs is 1. The fourth-order valence-electron chi connectivity index (χ4n) is 7.56. The van der Waals surface area contributed by atoms with Gasteiger partial charge in [0.05, 0.1) is 28.7 Å². The van der Waals surface area contributed by atoms with E-state index in [2.05, 4.69) is 35.8 Å². The molecule has 0 saturated heterocycles. The minimum Gasteiger partial charge on any atom is -0.398 e. The number of benzene rings is 1. The number of halogens is 2. The van der Waals surface area contributed by atoms with Crippen molar-refractivity contribution in [2.75, 3.05) is 25.4 Å². The zero-order chi connectivity index (χ0) is 29.3. The van der Waals surface area contributed by atoms with Gasteiger partial charge >= 0.3 is 0 Å². The number of carbonyl (C=O) groups is 2. The van der Waals surface area contributed by atoms with Gasteiger partial charge in [0, 0.05) is 56.8 Å². The molecule has 3 aliphatic carbocycles. The van der Waals surface area contributed by atoms with E-state index in [1.807, 2.05) is 4.68 Å². The first-order valence-corrected chi connectivity index (χ1v) is 14.7. The zero-order valence-electron chi connectivity index (χ0n) is 23.6. The molecule has 2 amide bonds. The van der Waals surface area contributed by atoms with Gasteiger partial charge in [-0.1, -0.05) is 18.7 Å². The average molecular weight is 573 g/mol. The first-order chi connectivity index (χ1) is 20.1. The third-order valence-electron chi connectivity index (χ3n) is 9.77. The SMILES string of the molecule is C=CC(=O)N1CCc2nn(-c3ccc(C4CC5CC4C5)cc3)c3c2C(C1)N(C(=O)c1cnc(C(C)(F)F)cc1N)CC3. The van der Waals surface area contributed by atoms with E-state index in [1.165, 1.54) is 30.9 Å². The van der Waals surface area contributed by atoms with Crippen LogP contribution in [0.4, 0.5) is 14.5 Å². The van der Waals surface area contributed by atoms with Crippen molar-refractivity contribution in [1.82, 2.24) is 24.6 Å².